The van der Waals surface area contributed by atoms with E-state index < -0.39 is 0 Å². The summed E-state index contributed by atoms with van der Waals surface area (Å²) in [7, 11) is 1.71. The zero-order valence-electron chi connectivity index (χ0n) is 33.5. The van der Waals surface area contributed by atoms with E-state index in [4.69, 9.17) is 20.5 Å². The first-order chi connectivity index (χ1) is 27.9. The van der Waals surface area contributed by atoms with Crippen molar-refractivity contribution in [2.45, 2.75) is 20.3 Å². The molecule has 0 spiro atoms. The van der Waals surface area contributed by atoms with Crippen molar-refractivity contribution in [3.05, 3.63) is 88.0 Å². The summed E-state index contributed by atoms with van der Waals surface area (Å²) in [4.78, 5) is 13.8. The average Bonchev–Trinajstić information content (AvgIpc) is 3.28. The molecular weight excluding hydrogens is 713 g/mol. The molecule has 294 valence electrons. The third-order valence-electron chi connectivity index (χ3n) is 10.6. The lowest BCUT2D eigenvalue weighted by Crippen LogP contribution is -2.47. The van der Waals surface area contributed by atoms with E-state index >= 15 is 0 Å². The number of hydrogen-bond acceptors (Lipinski definition) is 13. The van der Waals surface area contributed by atoms with Gasteiger partial charge in [0.1, 0.15) is 36.4 Å². The Bertz CT molecular complexity index is 2020. The van der Waals surface area contributed by atoms with E-state index in [1.165, 1.54) is 6.42 Å². The highest BCUT2D eigenvalue weighted by molar-refractivity contribution is 5.67. The number of nitrogens with zero attached hydrogens (tertiary/aromatic N) is 12. The summed E-state index contributed by atoms with van der Waals surface area (Å²) in [5.41, 5.74) is 5.55. The van der Waals surface area contributed by atoms with E-state index in [-0.39, 0.29) is 0 Å². The van der Waals surface area contributed by atoms with Crippen molar-refractivity contribution < 1.29 is 4.74 Å². The average molecular weight is 765 g/mol. The highest BCUT2D eigenvalue weighted by Gasteiger charge is 2.22. The molecule has 3 aromatic carbocycles. The predicted octanol–water partition coefficient (Wildman–Crippen LogP) is 4.73. The van der Waals surface area contributed by atoms with Crippen LogP contribution in [0.4, 0.5) is 17.1 Å². The van der Waals surface area contributed by atoms with Crippen LogP contribution in [-0.2, 0) is 4.74 Å². The van der Waals surface area contributed by atoms with Crippen molar-refractivity contribution >= 4 is 17.1 Å². The maximum atomic E-state index is 9.27. The van der Waals surface area contributed by atoms with Gasteiger partial charge in [0.15, 0.2) is 0 Å². The number of ether oxygens (including phenoxy) is 1. The molecule has 0 amide bonds. The second kappa shape index (κ2) is 23.0. The van der Waals surface area contributed by atoms with Crippen LogP contribution in [0.25, 0.3) is 0 Å². The Morgan fingerprint density at radius 2 is 0.789 bits per heavy atom. The van der Waals surface area contributed by atoms with Crippen LogP contribution in [0.15, 0.2) is 54.6 Å². The molecule has 57 heavy (non-hydrogen) atoms. The number of anilines is 3. The second-order valence-corrected chi connectivity index (χ2v) is 13.8. The zero-order valence-corrected chi connectivity index (χ0v) is 33.5. The number of nitriles is 6. The molecule has 3 aliphatic heterocycles. The van der Waals surface area contributed by atoms with Crippen LogP contribution in [0.5, 0.6) is 0 Å². The SMILES string of the molecule is CCCN1CCN(c2cccc(C#N)c2C#N)CC1.CCN1CCN(c2cccc(C#N)c2C#N)CC1.COCCN1CCN(c2cccc(C#N)c2C#N)CC1. The molecular formula is C44H52N12O. The molecule has 0 aromatic heterocycles. The molecule has 3 heterocycles. The highest BCUT2D eigenvalue weighted by atomic mass is 16.5. The van der Waals surface area contributed by atoms with Gasteiger partial charge in [-0.3, -0.25) is 9.80 Å². The maximum absolute atomic E-state index is 9.27. The first-order valence-corrected chi connectivity index (χ1v) is 19.6. The van der Waals surface area contributed by atoms with Gasteiger partial charge in [0.05, 0.1) is 57.0 Å². The largest absolute Gasteiger partial charge is 0.383 e. The van der Waals surface area contributed by atoms with Crippen LogP contribution < -0.4 is 14.7 Å². The van der Waals surface area contributed by atoms with Gasteiger partial charge in [0.25, 0.3) is 0 Å². The Kier molecular flexibility index (Phi) is 17.6. The fourth-order valence-electron chi connectivity index (χ4n) is 7.31. The third-order valence-corrected chi connectivity index (χ3v) is 10.6. The van der Waals surface area contributed by atoms with Crippen molar-refractivity contribution in [1.29, 1.82) is 31.6 Å². The van der Waals surface area contributed by atoms with Crippen LogP contribution in [0.3, 0.4) is 0 Å². The van der Waals surface area contributed by atoms with E-state index in [2.05, 4.69) is 79.7 Å². The van der Waals surface area contributed by atoms with E-state index in [0.717, 1.165) is 122 Å². The molecule has 0 atom stereocenters. The van der Waals surface area contributed by atoms with Crippen LogP contribution in [0, 0.1) is 68.0 Å². The summed E-state index contributed by atoms with van der Waals surface area (Å²) in [5.74, 6) is 0. The Balaban J connectivity index is 0.000000190. The normalized spacial score (nSPS) is 15.8. The van der Waals surface area contributed by atoms with Crippen LogP contribution >= 0.6 is 0 Å². The van der Waals surface area contributed by atoms with Gasteiger partial charge in [-0.05, 0) is 55.9 Å². The number of likely N-dealkylation sites (N-methyl/N-ethyl adjacent to an activating group) is 1. The minimum Gasteiger partial charge on any atom is -0.383 e. The molecule has 0 N–H and O–H groups in total. The van der Waals surface area contributed by atoms with Gasteiger partial charge >= 0.3 is 0 Å². The van der Waals surface area contributed by atoms with E-state index in [1.807, 2.05) is 36.4 Å². The summed E-state index contributed by atoms with van der Waals surface area (Å²) < 4.78 is 5.09. The topological polar surface area (TPSA) is 171 Å². The van der Waals surface area contributed by atoms with Crippen molar-refractivity contribution in [1.82, 2.24) is 14.7 Å². The van der Waals surface area contributed by atoms with Gasteiger partial charge in [-0.15, -0.1) is 0 Å². The van der Waals surface area contributed by atoms with Crippen LogP contribution in [-0.4, -0.2) is 127 Å². The molecule has 3 aliphatic rings. The summed E-state index contributed by atoms with van der Waals surface area (Å²) >= 11 is 0. The van der Waals surface area contributed by atoms with Gasteiger partial charge in [-0.2, -0.15) is 31.6 Å². The fraction of sp³-hybridized carbons (Fsp3) is 0.455. The Labute approximate surface area is 338 Å². The maximum Gasteiger partial charge on any atom is 0.103 e. The van der Waals surface area contributed by atoms with Crippen molar-refractivity contribution in [2.24, 2.45) is 0 Å². The minimum absolute atomic E-state index is 0.451. The van der Waals surface area contributed by atoms with Crippen molar-refractivity contribution in [2.75, 3.05) is 127 Å². The van der Waals surface area contributed by atoms with Gasteiger partial charge < -0.3 is 24.3 Å². The van der Waals surface area contributed by atoms with E-state index in [0.29, 0.717) is 33.4 Å². The highest BCUT2D eigenvalue weighted by Crippen LogP contribution is 2.26. The summed E-state index contributed by atoms with van der Waals surface area (Å²) in [5, 5.41) is 54.9. The number of benzene rings is 3. The Morgan fingerprint density at radius 1 is 0.456 bits per heavy atom. The van der Waals surface area contributed by atoms with Crippen LogP contribution in [0.1, 0.15) is 53.6 Å². The summed E-state index contributed by atoms with van der Waals surface area (Å²) in [6.45, 7) is 19.6. The number of rotatable bonds is 9. The molecule has 0 radical (unpaired) electrons. The zero-order chi connectivity index (χ0) is 41.0. The second-order valence-electron chi connectivity index (χ2n) is 13.8. The molecule has 0 unspecified atom stereocenters. The lowest BCUT2D eigenvalue weighted by atomic mass is 10.1. The first kappa shape index (κ1) is 43.6. The van der Waals surface area contributed by atoms with Crippen molar-refractivity contribution in [3.63, 3.8) is 0 Å². The van der Waals surface area contributed by atoms with Crippen LogP contribution in [0.2, 0.25) is 0 Å². The van der Waals surface area contributed by atoms with E-state index in [9.17, 15) is 15.8 Å². The molecule has 0 bridgehead atoms. The fourth-order valence-corrected chi connectivity index (χ4v) is 7.31. The Hall–Kier alpha value is -6.16. The quantitative estimate of drug-likeness (QED) is 0.293. The molecule has 13 heteroatoms. The van der Waals surface area contributed by atoms with Gasteiger partial charge in [0, 0.05) is 92.2 Å². The van der Waals surface area contributed by atoms with Crippen molar-refractivity contribution in [3.8, 4) is 36.4 Å². The standard InChI is InChI=1S/C15H18N4O.C15H18N4.C14H16N4/c1-20-10-9-18-5-7-19(8-6-18)15-4-2-3-13(11-16)14(15)12-17;1-2-6-18-7-9-19(10-8-18)15-5-3-4-13(11-16)14(15)12-17;1-2-17-6-8-18(9-7-17)14-5-3-4-12(10-15)13(14)11-16/h2-4H,5-10H2,1H3;3-5H,2,6-10H2,1H3;3-5H,2,6-9H2,1H3. The smallest absolute Gasteiger partial charge is 0.103 e. The monoisotopic (exact) mass is 764 g/mol. The van der Waals surface area contributed by atoms with Gasteiger partial charge in [-0.1, -0.05) is 32.0 Å². The summed E-state index contributed by atoms with van der Waals surface area (Å²) in [6, 6.07) is 29.2. The van der Waals surface area contributed by atoms with Gasteiger partial charge in [-0.25, -0.2) is 0 Å². The molecule has 3 aromatic rings. The molecule has 3 fully saturated rings. The lowest BCUT2D eigenvalue weighted by molar-refractivity contribution is 0.144. The molecule has 0 saturated carbocycles. The third kappa shape index (κ3) is 11.7. The van der Waals surface area contributed by atoms with Gasteiger partial charge in [0.2, 0.25) is 0 Å². The number of piperazine rings is 3. The molecule has 13 nitrogen and oxygen atoms in total. The molecule has 6 rings (SSSR count). The minimum atomic E-state index is 0.451. The first-order valence-electron chi connectivity index (χ1n) is 19.6. The number of hydrogen-bond donors (Lipinski definition) is 0. The number of methoxy groups -OCH3 is 1. The molecule has 0 aliphatic carbocycles. The lowest BCUT2D eigenvalue weighted by Gasteiger charge is -2.36. The summed E-state index contributed by atoms with van der Waals surface area (Å²) in [6.07, 6.45) is 1.17. The van der Waals surface area contributed by atoms with E-state index in [1.54, 1.807) is 25.3 Å². The Morgan fingerprint density at radius 3 is 1.07 bits per heavy atom. The molecule has 3 saturated heterocycles. The predicted molar refractivity (Wildman–Crippen MR) is 221 cm³/mol.